The predicted molar refractivity (Wildman–Crippen MR) is 108 cm³/mol. The molecule has 1 aliphatic carbocycles. The van der Waals surface area contributed by atoms with Crippen LogP contribution in [0.3, 0.4) is 0 Å². The number of hydrogen-bond donors (Lipinski definition) is 2. The lowest BCUT2D eigenvalue weighted by Crippen LogP contribution is -2.35. The molecule has 0 bridgehead atoms. The van der Waals surface area contributed by atoms with Gasteiger partial charge in [0.25, 0.3) is 0 Å². The zero-order valence-electron chi connectivity index (χ0n) is 16.0. The van der Waals surface area contributed by atoms with Crippen molar-refractivity contribution in [3.05, 3.63) is 54.1 Å². The summed E-state index contributed by atoms with van der Waals surface area (Å²) in [5, 5.41) is 7.83. The van der Waals surface area contributed by atoms with Gasteiger partial charge in [0.05, 0.1) is 5.52 Å². The van der Waals surface area contributed by atoms with E-state index in [-0.39, 0.29) is 11.4 Å². The van der Waals surface area contributed by atoms with Gasteiger partial charge in [-0.05, 0) is 69.0 Å². The molecule has 1 aliphatic rings. The van der Waals surface area contributed by atoms with E-state index in [0.29, 0.717) is 18.2 Å². The van der Waals surface area contributed by atoms with E-state index in [2.05, 4.69) is 47.4 Å². The Kier molecular flexibility index (Phi) is 4.56. The van der Waals surface area contributed by atoms with Gasteiger partial charge in [-0.1, -0.05) is 12.1 Å². The van der Waals surface area contributed by atoms with Gasteiger partial charge in [0, 0.05) is 29.1 Å². The van der Waals surface area contributed by atoms with E-state index in [1.807, 2.05) is 24.3 Å². The van der Waals surface area contributed by atoms with Crippen LogP contribution in [0.25, 0.3) is 22.0 Å². The van der Waals surface area contributed by atoms with E-state index >= 15 is 0 Å². The lowest BCUT2D eigenvalue weighted by molar-refractivity contribution is 0.418. The number of rotatable bonds is 5. The summed E-state index contributed by atoms with van der Waals surface area (Å²) in [6.07, 6.45) is 3.97. The van der Waals surface area contributed by atoms with E-state index in [9.17, 15) is 4.39 Å². The molecule has 0 unspecified atom stereocenters. The van der Waals surface area contributed by atoms with Crippen molar-refractivity contribution in [2.75, 3.05) is 5.32 Å². The zero-order valence-corrected chi connectivity index (χ0v) is 16.0. The Balaban J connectivity index is 1.69. The molecule has 1 heterocycles. The SMILES string of the molecule is CC(C)(C)NCc1cc(-c2ccc3ncnc(NC4CC4)c3c2)ccc1F. The molecule has 2 aromatic carbocycles. The first-order valence-corrected chi connectivity index (χ1v) is 9.44. The molecular weight excluding hydrogens is 339 g/mol. The molecule has 0 spiro atoms. The van der Waals surface area contributed by atoms with Crippen molar-refractivity contribution < 1.29 is 4.39 Å². The second kappa shape index (κ2) is 6.89. The molecule has 0 amide bonds. The average molecular weight is 364 g/mol. The lowest BCUT2D eigenvalue weighted by atomic mass is 10.00. The number of aromatic nitrogens is 2. The van der Waals surface area contributed by atoms with Crippen LogP contribution in [0.2, 0.25) is 0 Å². The van der Waals surface area contributed by atoms with E-state index < -0.39 is 0 Å². The van der Waals surface area contributed by atoms with Crippen molar-refractivity contribution in [2.45, 2.75) is 51.7 Å². The zero-order chi connectivity index (χ0) is 19.0. The van der Waals surface area contributed by atoms with Crippen molar-refractivity contribution in [1.29, 1.82) is 0 Å². The van der Waals surface area contributed by atoms with Crippen LogP contribution >= 0.6 is 0 Å². The molecule has 1 fully saturated rings. The first kappa shape index (κ1) is 17.9. The molecule has 0 saturated heterocycles. The van der Waals surface area contributed by atoms with Crippen LogP contribution in [0.5, 0.6) is 0 Å². The van der Waals surface area contributed by atoms with Crippen LogP contribution in [0.15, 0.2) is 42.7 Å². The largest absolute Gasteiger partial charge is 0.367 e. The highest BCUT2D eigenvalue weighted by atomic mass is 19.1. The molecule has 5 heteroatoms. The standard InChI is InChI=1S/C22H25FN4/c1-22(2,3)26-12-16-10-14(4-8-19(16)23)15-5-9-20-18(11-15)21(25-13-24-20)27-17-6-7-17/h4-5,8-11,13,17,26H,6-7,12H2,1-3H3,(H,24,25,27). The van der Waals surface area contributed by atoms with Gasteiger partial charge in [-0.15, -0.1) is 0 Å². The highest BCUT2D eigenvalue weighted by Gasteiger charge is 2.22. The van der Waals surface area contributed by atoms with Crippen LogP contribution in [0, 0.1) is 5.82 Å². The summed E-state index contributed by atoms with van der Waals surface area (Å²) < 4.78 is 14.3. The molecule has 3 aromatic rings. The molecule has 4 nitrogen and oxygen atoms in total. The van der Waals surface area contributed by atoms with E-state index in [1.165, 1.54) is 12.8 Å². The second-order valence-corrected chi connectivity index (χ2v) is 8.28. The Morgan fingerprint density at radius 3 is 2.52 bits per heavy atom. The fourth-order valence-electron chi connectivity index (χ4n) is 3.02. The molecule has 140 valence electrons. The number of anilines is 1. The summed E-state index contributed by atoms with van der Waals surface area (Å²) in [6, 6.07) is 11.9. The topological polar surface area (TPSA) is 49.8 Å². The van der Waals surface area contributed by atoms with Crippen molar-refractivity contribution in [3.8, 4) is 11.1 Å². The molecule has 0 radical (unpaired) electrons. The summed E-state index contributed by atoms with van der Waals surface area (Å²) in [6.45, 7) is 6.72. The van der Waals surface area contributed by atoms with Crippen molar-refractivity contribution in [3.63, 3.8) is 0 Å². The molecule has 1 aromatic heterocycles. The number of nitrogens with zero attached hydrogens (tertiary/aromatic N) is 2. The lowest BCUT2D eigenvalue weighted by Gasteiger charge is -2.21. The highest BCUT2D eigenvalue weighted by molar-refractivity contribution is 5.92. The predicted octanol–water partition coefficient (Wildman–Crippen LogP) is 4.90. The first-order chi connectivity index (χ1) is 12.9. The Bertz CT molecular complexity index is 974. The number of halogens is 1. The van der Waals surface area contributed by atoms with Gasteiger partial charge in [-0.25, -0.2) is 14.4 Å². The smallest absolute Gasteiger partial charge is 0.137 e. The molecule has 27 heavy (non-hydrogen) atoms. The van der Waals surface area contributed by atoms with Crippen LogP contribution in [0.4, 0.5) is 10.2 Å². The monoisotopic (exact) mass is 364 g/mol. The maximum Gasteiger partial charge on any atom is 0.137 e. The summed E-state index contributed by atoms with van der Waals surface area (Å²) in [5.74, 6) is 0.691. The Morgan fingerprint density at radius 2 is 1.78 bits per heavy atom. The maximum atomic E-state index is 14.3. The highest BCUT2D eigenvalue weighted by Crippen LogP contribution is 2.31. The third kappa shape index (κ3) is 4.25. The Labute approximate surface area is 159 Å². The quantitative estimate of drug-likeness (QED) is 0.676. The van der Waals surface area contributed by atoms with Crippen molar-refractivity contribution in [2.24, 2.45) is 0 Å². The van der Waals surface area contributed by atoms with E-state index in [0.717, 1.165) is 27.8 Å². The minimum Gasteiger partial charge on any atom is -0.367 e. The minimum absolute atomic E-state index is 0.0634. The number of benzene rings is 2. The Hall–Kier alpha value is -2.53. The Morgan fingerprint density at radius 1 is 1.04 bits per heavy atom. The van der Waals surface area contributed by atoms with Crippen LogP contribution in [-0.2, 0) is 6.54 Å². The van der Waals surface area contributed by atoms with E-state index in [1.54, 1.807) is 12.4 Å². The van der Waals surface area contributed by atoms with Gasteiger partial charge < -0.3 is 10.6 Å². The van der Waals surface area contributed by atoms with Gasteiger partial charge in [0.2, 0.25) is 0 Å². The fraction of sp³-hybridized carbons (Fsp3) is 0.364. The van der Waals surface area contributed by atoms with Gasteiger partial charge in [-0.3, -0.25) is 0 Å². The summed E-state index contributed by atoms with van der Waals surface area (Å²) in [4.78, 5) is 8.79. The molecule has 4 rings (SSSR count). The van der Waals surface area contributed by atoms with Gasteiger partial charge >= 0.3 is 0 Å². The first-order valence-electron chi connectivity index (χ1n) is 9.44. The normalized spacial score (nSPS) is 14.5. The van der Waals surface area contributed by atoms with E-state index in [4.69, 9.17) is 0 Å². The molecule has 1 saturated carbocycles. The summed E-state index contributed by atoms with van der Waals surface area (Å²) >= 11 is 0. The van der Waals surface area contributed by atoms with Gasteiger partial charge in [0.15, 0.2) is 0 Å². The third-order valence-electron chi connectivity index (χ3n) is 4.74. The summed E-state index contributed by atoms with van der Waals surface area (Å²) in [5.41, 5.74) is 3.54. The van der Waals surface area contributed by atoms with Crippen molar-refractivity contribution >= 4 is 16.7 Å². The number of fused-ring (bicyclic) bond motifs is 1. The maximum absolute atomic E-state index is 14.3. The molecule has 0 atom stereocenters. The number of hydrogen-bond acceptors (Lipinski definition) is 4. The average Bonchev–Trinajstić information content (AvgIpc) is 3.44. The van der Waals surface area contributed by atoms with Crippen LogP contribution in [0.1, 0.15) is 39.2 Å². The van der Waals surface area contributed by atoms with Gasteiger partial charge in [-0.2, -0.15) is 0 Å². The molecule has 0 aliphatic heterocycles. The minimum atomic E-state index is -0.185. The van der Waals surface area contributed by atoms with Crippen molar-refractivity contribution in [1.82, 2.24) is 15.3 Å². The molecule has 2 N–H and O–H groups in total. The third-order valence-corrected chi connectivity index (χ3v) is 4.74. The number of nitrogens with one attached hydrogen (secondary N) is 2. The summed E-state index contributed by atoms with van der Waals surface area (Å²) in [7, 11) is 0. The van der Waals surface area contributed by atoms with Crippen LogP contribution in [-0.4, -0.2) is 21.5 Å². The fourth-order valence-corrected chi connectivity index (χ4v) is 3.02. The molecular formula is C22H25FN4. The van der Waals surface area contributed by atoms with Gasteiger partial charge in [0.1, 0.15) is 18.0 Å². The van der Waals surface area contributed by atoms with Crippen LogP contribution < -0.4 is 10.6 Å². The second-order valence-electron chi connectivity index (χ2n) is 8.28.